The van der Waals surface area contributed by atoms with Gasteiger partial charge in [0.1, 0.15) is 5.75 Å². The van der Waals surface area contributed by atoms with Gasteiger partial charge < -0.3 is 10.1 Å². The van der Waals surface area contributed by atoms with Gasteiger partial charge in [-0.05, 0) is 42.4 Å². The molecule has 8 heteroatoms. The molecule has 0 spiro atoms. The highest BCUT2D eigenvalue weighted by Crippen LogP contribution is 2.24. The van der Waals surface area contributed by atoms with Crippen molar-refractivity contribution in [3.05, 3.63) is 64.2 Å². The minimum Gasteiger partial charge on any atom is -0.491 e. The summed E-state index contributed by atoms with van der Waals surface area (Å²) >= 11 is 5.17. The Kier molecular flexibility index (Phi) is 6.62. The molecule has 0 aliphatic rings. The number of para-hydroxylation sites is 2. The molecule has 26 heavy (non-hydrogen) atoms. The number of nitrogens with one attached hydrogen (secondary N) is 2. The highest BCUT2D eigenvalue weighted by atomic mass is 32.1. The van der Waals surface area contributed by atoms with Gasteiger partial charge in [0.15, 0.2) is 5.11 Å². The van der Waals surface area contributed by atoms with Crippen LogP contribution in [-0.4, -0.2) is 22.5 Å². The molecule has 0 aromatic heterocycles. The second-order valence-electron chi connectivity index (χ2n) is 5.91. The zero-order chi connectivity index (χ0) is 19.1. The Hall–Kier alpha value is -3.00. The zero-order valence-corrected chi connectivity index (χ0v) is 15.2. The van der Waals surface area contributed by atoms with Crippen LogP contribution in [0.25, 0.3) is 0 Å². The second-order valence-corrected chi connectivity index (χ2v) is 6.32. The van der Waals surface area contributed by atoms with Gasteiger partial charge in [0, 0.05) is 17.7 Å². The van der Waals surface area contributed by atoms with Crippen molar-refractivity contribution in [2.75, 3.05) is 11.9 Å². The molecule has 136 valence electrons. The lowest BCUT2D eigenvalue weighted by atomic mass is 10.2. The summed E-state index contributed by atoms with van der Waals surface area (Å²) in [6, 6.07) is 12.5. The average molecular weight is 373 g/mol. The van der Waals surface area contributed by atoms with E-state index >= 15 is 0 Å². The summed E-state index contributed by atoms with van der Waals surface area (Å²) in [5, 5.41) is 16.2. The molecule has 0 atom stereocenters. The Bertz CT molecular complexity index is 806. The summed E-state index contributed by atoms with van der Waals surface area (Å²) < 4.78 is 5.73. The number of nitro groups is 1. The number of amides is 1. The molecule has 0 aliphatic carbocycles. The minimum absolute atomic E-state index is 0.0847. The number of nitro benzene ring substituents is 1. The number of anilines is 1. The zero-order valence-electron chi connectivity index (χ0n) is 14.4. The van der Waals surface area contributed by atoms with Crippen LogP contribution in [-0.2, 0) is 0 Å². The van der Waals surface area contributed by atoms with E-state index in [2.05, 4.69) is 10.6 Å². The molecule has 0 saturated heterocycles. The SMILES string of the molecule is CC(C)COc1ccccc1NC(=S)NC(=O)c1ccc([N+](=O)[O-])cc1. The first-order valence-electron chi connectivity index (χ1n) is 7.95. The third kappa shape index (κ3) is 5.52. The first-order chi connectivity index (χ1) is 12.4. The van der Waals surface area contributed by atoms with E-state index in [1.807, 2.05) is 32.0 Å². The minimum atomic E-state index is -0.526. The van der Waals surface area contributed by atoms with E-state index in [1.54, 1.807) is 6.07 Å². The number of non-ortho nitro benzene ring substituents is 1. The van der Waals surface area contributed by atoms with Crippen molar-refractivity contribution < 1.29 is 14.5 Å². The first kappa shape index (κ1) is 19.3. The summed E-state index contributed by atoms with van der Waals surface area (Å²) in [5.41, 5.74) is 0.824. The van der Waals surface area contributed by atoms with Gasteiger partial charge in [-0.1, -0.05) is 26.0 Å². The summed E-state index contributed by atoms with van der Waals surface area (Å²) in [6.45, 7) is 4.65. The molecular formula is C18H19N3O4S. The lowest BCUT2D eigenvalue weighted by Crippen LogP contribution is -2.34. The van der Waals surface area contributed by atoms with Crippen molar-refractivity contribution in [1.82, 2.24) is 5.32 Å². The van der Waals surface area contributed by atoms with Crippen molar-refractivity contribution in [3.8, 4) is 5.75 Å². The van der Waals surface area contributed by atoms with Gasteiger partial charge in [0.2, 0.25) is 0 Å². The number of carbonyl (C=O) groups is 1. The summed E-state index contributed by atoms with van der Waals surface area (Å²) in [5.74, 6) is 0.544. The molecule has 0 heterocycles. The Morgan fingerprint density at radius 2 is 1.85 bits per heavy atom. The van der Waals surface area contributed by atoms with Crippen LogP contribution in [0.4, 0.5) is 11.4 Å². The number of hydrogen-bond donors (Lipinski definition) is 2. The molecule has 1 amide bonds. The monoisotopic (exact) mass is 373 g/mol. The van der Waals surface area contributed by atoms with Crippen LogP contribution in [0.1, 0.15) is 24.2 Å². The normalized spacial score (nSPS) is 10.3. The first-order valence-corrected chi connectivity index (χ1v) is 8.36. The van der Waals surface area contributed by atoms with Crippen molar-refractivity contribution in [1.29, 1.82) is 0 Å². The maximum atomic E-state index is 12.2. The smallest absolute Gasteiger partial charge is 0.269 e. The van der Waals surface area contributed by atoms with Crippen LogP contribution in [0.3, 0.4) is 0 Å². The van der Waals surface area contributed by atoms with Gasteiger partial charge in [-0.3, -0.25) is 20.2 Å². The van der Waals surface area contributed by atoms with Gasteiger partial charge in [-0.25, -0.2) is 0 Å². The molecule has 0 aliphatic heterocycles. The lowest BCUT2D eigenvalue weighted by Gasteiger charge is -2.15. The fourth-order valence-corrected chi connectivity index (χ4v) is 2.22. The predicted molar refractivity (Wildman–Crippen MR) is 104 cm³/mol. The van der Waals surface area contributed by atoms with E-state index in [0.29, 0.717) is 24.0 Å². The van der Waals surface area contributed by atoms with E-state index in [4.69, 9.17) is 17.0 Å². The summed E-state index contributed by atoms with van der Waals surface area (Å²) in [6.07, 6.45) is 0. The molecule has 0 bridgehead atoms. The lowest BCUT2D eigenvalue weighted by molar-refractivity contribution is -0.384. The molecule has 2 aromatic carbocycles. The van der Waals surface area contributed by atoms with Crippen LogP contribution in [0, 0.1) is 16.0 Å². The Morgan fingerprint density at radius 1 is 1.19 bits per heavy atom. The van der Waals surface area contributed by atoms with Gasteiger partial charge >= 0.3 is 0 Å². The Morgan fingerprint density at radius 3 is 2.46 bits per heavy atom. The number of carbonyl (C=O) groups excluding carboxylic acids is 1. The molecule has 2 rings (SSSR count). The molecule has 0 unspecified atom stereocenters. The fraction of sp³-hybridized carbons (Fsp3) is 0.222. The molecule has 0 saturated carbocycles. The maximum Gasteiger partial charge on any atom is 0.269 e. The van der Waals surface area contributed by atoms with Crippen molar-refractivity contribution in [2.24, 2.45) is 5.92 Å². The average Bonchev–Trinajstić information content (AvgIpc) is 2.60. The van der Waals surface area contributed by atoms with Gasteiger partial charge in [-0.2, -0.15) is 0 Å². The van der Waals surface area contributed by atoms with Crippen molar-refractivity contribution in [3.63, 3.8) is 0 Å². The van der Waals surface area contributed by atoms with Gasteiger partial charge in [-0.15, -0.1) is 0 Å². The maximum absolute atomic E-state index is 12.2. The van der Waals surface area contributed by atoms with E-state index in [-0.39, 0.29) is 16.4 Å². The van der Waals surface area contributed by atoms with E-state index in [9.17, 15) is 14.9 Å². The van der Waals surface area contributed by atoms with E-state index < -0.39 is 10.8 Å². The van der Waals surface area contributed by atoms with Gasteiger partial charge in [0.25, 0.3) is 11.6 Å². The number of hydrogen-bond acceptors (Lipinski definition) is 5. The Balaban J connectivity index is 2.00. The highest BCUT2D eigenvalue weighted by molar-refractivity contribution is 7.80. The molecular weight excluding hydrogens is 354 g/mol. The number of rotatable bonds is 6. The fourth-order valence-electron chi connectivity index (χ4n) is 2.02. The quantitative estimate of drug-likeness (QED) is 0.455. The van der Waals surface area contributed by atoms with Crippen molar-refractivity contribution >= 4 is 34.6 Å². The van der Waals surface area contributed by atoms with Crippen molar-refractivity contribution in [2.45, 2.75) is 13.8 Å². The van der Waals surface area contributed by atoms with Crippen LogP contribution >= 0.6 is 12.2 Å². The molecule has 7 nitrogen and oxygen atoms in total. The molecule has 2 N–H and O–H groups in total. The Labute approximate surface area is 156 Å². The van der Waals surface area contributed by atoms with Crippen LogP contribution in [0.5, 0.6) is 5.75 Å². The summed E-state index contributed by atoms with van der Waals surface area (Å²) in [4.78, 5) is 22.3. The van der Waals surface area contributed by atoms with Crippen LogP contribution in [0.15, 0.2) is 48.5 Å². The topological polar surface area (TPSA) is 93.5 Å². The third-order valence-electron chi connectivity index (χ3n) is 3.27. The number of nitrogens with zero attached hydrogens (tertiary/aromatic N) is 1. The predicted octanol–water partition coefficient (Wildman–Crippen LogP) is 3.76. The number of ether oxygens (including phenoxy) is 1. The van der Waals surface area contributed by atoms with Crippen LogP contribution < -0.4 is 15.4 Å². The highest BCUT2D eigenvalue weighted by Gasteiger charge is 2.12. The largest absolute Gasteiger partial charge is 0.491 e. The standard InChI is InChI=1S/C18H19N3O4S/c1-12(2)11-25-16-6-4-3-5-15(16)19-18(26)20-17(22)13-7-9-14(10-8-13)21(23)24/h3-10,12H,11H2,1-2H3,(H2,19,20,22,26). The third-order valence-corrected chi connectivity index (χ3v) is 3.48. The van der Waals surface area contributed by atoms with Crippen LogP contribution in [0.2, 0.25) is 0 Å². The van der Waals surface area contributed by atoms with E-state index in [1.165, 1.54) is 24.3 Å². The molecule has 0 radical (unpaired) electrons. The number of benzene rings is 2. The number of thiocarbonyl (C=S) groups is 1. The molecule has 2 aromatic rings. The molecule has 0 fully saturated rings. The van der Waals surface area contributed by atoms with E-state index in [0.717, 1.165) is 0 Å². The second kappa shape index (κ2) is 8.91. The summed E-state index contributed by atoms with van der Waals surface area (Å²) in [7, 11) is 0. The van der Waals surface area contributed by atoms with Gasteiger partial charge in [0.05, 0.1) is 17.2 Å².